The maximum Gasteiger partial charge on any atom is 0.280 e. The molecule has 1 saturated heterocycles. The van der Waals surface area contributed by atoms with E-state index in [1.807, 2.05) is 0 Å². The minimum atomic E-state index is -0.998. The Kier molecular flexibility index (Phi) is 2.82. The zero-order valence-electron chi connectivity index (χ0n) is 10.4. The number of aliphatic hydroxyl groups excluding tert-OH is 2. The molecule has 0 aliphatic carbocycles. The fraction of sp³-hybridized carbons (Fsp3) is 0.364. The van der Waals surface area contributed by atoms with E-state index in [2.05, 4.69) is 21.5 Å². The standard InChI is InChI=1S/C11H13N5O4/c1-4-7(18)5(2-17)20-10(4)16-3-13-6-8(16)14-11(12)15-9(6)19/h3,5,7,10,17-18H,1-2H2,(H3,12,14,15,19)/t5-,7+,10-/m1/s1. The van der Waals surface area contributed by atoms with Crippen LogP contribution in [0.2, 0.25) is 0 Å². The van der Waals surface area contributed by atoms with Crippen LogP contribution >= 0.6 is 0 Å². The van der Waals surface area contributed by atoms with Crippen molar-refractivity contribution in [1.29, 1.82) is 0 Å². The molecule has 1 fully saturated rings. The summed E-state index contributed by atoms with van der Waals surface area (Å²) in [6, 6.07) is 0. The number of nitrogens with one attached hydrogen (secondary N) is 1. The summed E-state index contributed by atoms with van der Waals surface area (Å²) in [6.45, 7) is 3.40. The van der Waals surface area contributed by atoms with Gasteiger partial charge in [-0.1, -0.05) is 6.58 Å². The molecule has 2 aromatic heterocycles. The number of imidazole rings is 1. The summed E-state index contributed by atoms with van der Waals surface area (Å²) in [4.78, 5) is 22.0. The molecule has 9 heteroatoms. The number of H-pyrrole nitrogens is 1. The second-order valence-corrected chi connectivity index (χ2v) is 4.50. The Hall–Kier alpha value is -2.23. The van der Waals surface area contributed by atoms with Crippen molar-refractivity contribution in [2.75, 3.05) is 12.3 Å². The van der Waals surface area contributed by atoms with Crippen LogP contribution in [0.3, 0.4) is 0 Å². The second-order valence-electron chi connectivity index (χ2n) is 4.50. The molecular weight excluding hydrogens is 266 g/mol. The average Bonchev–Trinajstić information content (AvgIpc) is 2.93. The minimum Gasteiger partial charge on any atom is -0.394 e. The highest BCUT2D eigenvalue weighted by Crippen LogP contribution is 2.34. The van der Waals surface area contributed by atoms with Crippen molar-refractivity contribution in [3.63, 3.8) is 0 Å². The molecule has 3 atom stereocenters. The van der Waals surface area contributed by atoms with Gasteiger partial charge in [0.25, 0.3) is 5.56 Å². The van der Waals surface area contributed by atoms with Crippen LogP contribution in [0, 0.1) is 0 Å². The van der Waals surface area contributed by atoms with Crippen molar-refractivity contribution in [1.82, 2.24) is 19.5 Å². The summed E-state index contributed by atoms with van der Waals surface area (Å²) in [6.07, 6.45) is -1.18. The number of hydrogen-bond acceptors (Lipinski definition) is 7. The lowest BCUT2D eigenvalue weighted by molar-refractivity contribution is -0.0422. The molecular formula is C11H13N5O4. The fourth-order valence-electron chi connectivity index (χ4n) is 2.21. The first-order chi connectivity index (χ1) is 9.52. The van der Waals surface area contributed by atoms with Gasteiger partial charge in [0.1, 0.15) is 12.2 Å². The van der Waals surface area contributed by atoms with Gasteiger partial charge >= 0.3 is 0 Å². The quantitative estimate of drug-likeness (QED) is 0.491. The molecule has 3 rings (SSSR count). The van der Waals surface area contributed by atoms with Crippen LogP contribution in [0.15, 0.2) is 23.3 Å². The molecule has 0 spiro atoms. The molecule has 106 valence electrons. The van der Waals surface area contributed by atoms with Gasteiger partial charge in [-0.15, -0.1) is 0 Å². The van der Waals surface area contributed by atoms with Gasteiger partial charge in [0.2, 0.25) is 5.95 Å². The first-order valence-electron chi connectivity index (χ1n) is 5.88. The lowest BCUT2D eigenvalue weighted by atomic mass is 10.1. The van der Waals surface area contributed by atoms with Crippen LogP contribution in [-0.4, -0.2) is 48.5 Å². The van der Waals surface area contributed by atoms with Crippen molar-refractivity contribution in [3.8, 4) is 0 Å². The number of nitrogen functional groups attached to an aromatic ring is 1. The largest absolute Gasteiger partial charge is 0.394 e. The molecule has 1 aliphatic heterocycles. The molecule has 0 bridgehead atoms. The van der Waals surface area contributed by atoms with Crippen molar-refractivity contribution in [2.45, 2.75) is 18.4 Å². The Morgan fingerprint density at radius 3 is 3.00 bits per heavy atom. The third kappa shape index (κ3) is 1.72. The zero-order valence-corrected chi connectivity index (χ0v) is 10.4. The molecule has 2 aromatic rings. The number of nitrogens with two attached hydrogens (primary N) is 1. The van der Waals surface area contributed by atoms with E-state index in [-0.39, 0.29) is 23.7 Å². The summed E-state index contributed by atoms with van der Waals surface area (Å²) in [5, 5.41) is 19.0. The van der Waals surface area contributed by atoms with E-state index >= 15 is 0 Å². The van der Waals surface area contributed by atoms with Crippen LogP contribution in [-0.2, 0) is 4.74 Å². The summed E-state index contributed by atoms with van der Waals surface area (Å²) in [5.74, 6) is -0.0490. The third-order valence-corrected chi connectivity index (χ3v) is 3.24. The first-order valence-corrected chi connectivity index (χ1v) is 5.88. The van der Waals surface area contributed by atoms with Gasteiger partial charge in [0.05, 0.1) is 12.9 Å². The van der Waals surface area contributed by atoms with Gasteiger partial charge in [-0.25, -0.2) is 4.98 Å². The number of nitrogens with zero attached hydrogens (tertiary/aromatic N) is 3. The lowest BCUT2D eigenvalue weighted by Gasteiger charge is -2.13. The number of fused-ring (bicyclic) bond motifs is 1. The van der Waals surface area contributed by atoms with E-state index in [0.717, 1.165) is 0 Å². The predicted molar refractivity (Wildman–Crippen MR) is 68.7 cm³/mol. The monoisotopic (exact) mass is 279 g/mol. The van der Waals surface area contributed by atoms with Crippen LogP contribution in [0.4, 0.5) is 5.95 Å². The maximum atomic E-state index is 11.7. The van der Waals surface area contributed by atoms with E-state index < -0.39 is 24.0 Å². The number of rotatable bonds is 2. The highest BCUT2D eigenvalue weighted by Gasteiger charge is 2.39. The zero-order chi connectivity index (χ0) is 14.4. The number of aliphatic hydroxyl groups is 2. The molecule has 20 heavy (non-hydrogen) atoms. The van der Waals surface area contributed by atoms with Crippen molar-refractivity contribution >= 4 is 17.1 Å². The van der Waals surface area contributed by atoms with Crippen LogP contribution in [0.1, 0.15) is 6.23 Å². The highest BCUT2D eigenvalue weighted by molar-refractivity contribution is 5.70. The number of anilines is 1. The Morgan fingerprint density at radius 1 is 1.60 bits per heavy atom. The summed E-state index contributed by atoms with van der Waals surface area (Å²) >= 11 is 0. The summed E-state index contributed by atoms with van der Waals surface area (Å²) < 4.78 is 6.94. The predicted octanol–water partition coefficient (Wildman–Crippen LogP) is -1.49. The Bertz CT molecular complexity index is 736. The highest BCUT2D eigenvalue weighted by atomic mass is 16.5. The molecule has 3 heterocycles. The molecule has 0 amide bonds. The van der Waals surface area contributed by atoms with E-state index in [4.69, 9.17) is 15.6 Å². The minimum absolute atomic E-state index is 0.0490. The van der Waals surface area contributed by atoms with Crippen molar-refractivity contribution in [3.05, 3.63) is 28.8 Å². The lowest BCUT2D eigenvalue weighted by Crippen LogP contribution is -2.25. The third-order valence-electron chi connectivity index (χ3n) is 3.24. The number of aromatic amines is 1. The Labute approximate surface area is 112 Å². The van der Waals surface area contributed by atoms with E-state index in [1.54, 1.807) is 0 Å². The van der Waals surface area contributed by atoms with Crippen LogP contribution < -0.4 is 11.3 Å². The molecule has 1 aliphatic rings. The molecule has 0 radical (unpaired) electrons. The molecule has 5 N–H and O–H groups in total. The fourth-order valence-corrected chi connectivity index (χ4v) is 2.21. The Balaban J connectivity index is 2.12. The molecule has 9 nitrogen and oxygen atoms in total. The van der Waals surface area contributed by atoms with Gasteiger partial charge < -0.3 is 20.7 Å². The van der Waals surface area contributed by atoms with Crippen LogP contribution in [0.5, 0.6) is 0 Å². The van der Waals surface area contributed by atoms with Gasteiger partial charge in [-0.3, -0.25) is 14.3 Å². The molecule has 0 unspecified atom stereocenters. The number of ether oxygens (including phenoxy) is 1. The average molecular weight is 279 g/mol. The van der Waals surface area contributed by atoms with Gasteiger partial charge in [0.15, 0.2) is 17.4 Å². The normalized spacial score (nSPS) is 26.5. The first kappa shape index (κ1) is 12.8. The topological polar surface area (TPSA) is 139 Å². The van der Waals surface area contributed by atoms with Gasteiger partial charge in [-0.05, 0) is 0 Å². The van der Waals surface area contributed by atoms with Crippen molar-refractivity contribution in [2.24, 2.45) is 0 Å². The van der Waals surface area contributed by atoms with Crippen molar-refractivity contribution < 1.29 is 14.9 Å². The van der Waals surface area contributed by atoms with E-state index in [1.165, 1.54) is 10.9 Å². The van der Waals surface area contributed by atoms with Gasteiger partial charge in [-0.2, -0.15) is 4.98 Å². The SMILES string of the molecule is C=C1[C@H](n2cnc3c(=O)[nH]c(N)nc32)O[C@H](CO)[C@H]1O. The van der Waals surface area contributed by atoms with Crippen LogP contribution in [0.25, 0.3) is 11.2 Å². The number of hydrogen-bond donors (Lipinski definition) is 4. The van der Waals surface area contributed by atoms with E-state index in [9.17, 15) is 9.90 Å². The summed E-state index contributed by atoms with van der Waals surface area (Å²) in [7, 11) is 0. The molecule has 0 saturated carbocycles. The van der Waals surface area contributed by atoms with E-state index in [0.29, 0.717) is 5.57 Å². The number of aromatic nitrogens is 4. The maximum absolute atomic E-state index is 11.7. The summed E-state index contributed by atoms with van der Waals surface area (Å²) in [5.41, 5.74) is 5.73. The Morgan fingerprint density at radius 2 is 2.35 bits per heavy atom. The van der Waals surface area contributed by atoms with Gasteiger partial charge in [0, 0.05) is 5.57 Å². The molecule has 0 aromatic carbocycles. The smallest absolute Gasteiger partial charge is 0.280 e. The second kappa shape index (κ2) is 4.40.